The summed E-state index contributed by atoms with van der Waals surface area (Å²) >= 11 is 6.02. The van der Waals surface area contributed by atoms with Crippen LogP contribution in [-0.4, -0.2) is 43.5 Å². The van der Waals surface area contributed by atoms with E-state index in [1.807, 2.05) is 4.90 Å². The Bertz CT molecular complexity index is 565. The van der Waals surface area contributed by atoms with Crippen molar-refractivity contribution in [3.63, 3.8) is 0 Å². The predicted octanol–water partition coefficient (Wildman–Crippen LogP) is 1.48. The summed E-state index contributed by atoms with van der Waals surface area (Å²) in [5, 5.41) is 3.23. The Balaban J connectivity index is 1.90. The van der Waals surface area contributed by atoms with Gasteiger partial charge in [-0.2, -0.15) is 0 Å². The summed E-state index contributed by atoms with van der Waals surface area (Å²) in [6.45, 7) is 1.56. The third-order valence-corrected chi connectivity index (χ3v) is 4.01. The fourth-order valence-electron chi connectivity index (χ4n) is 2.58. The van der Waals surface area contributed by atoms with Crippen LogP contribution in [0.4, 0.5) is 5.69 Å². The Morgan fingerprint density at radius 3 is 2.91 bits per heavy atom. The SMILES string of the molecule is COc1ccc(NC(=O)CN2CCC[C@@H](C(N)=O)C2)cc1Cl. The summed E-state index contributed by atoms with van der Waals surface area (Å²) in [7, 11) is 1.53. The van der Waals surface area contributed by atoms with Crippen LogP contribution in [0.15, 0.2) is 18.2 Å². The largest absolute Gasteiger partial charge is 0.495 e. The molecule has 1 saturated heterocycles. The van der Waals surface area contributed by atoms with Crippen molar-refractivity contribution in [3.05, 3.63) is 23.2 Å². The lowest BCUT2D eigenvalue weighted by molar-refractivity contribution is -0.125. The number of carbonyl (C=O) groups excluding carboxylic acids is 2. The monoisotopic (exact) mass is 325 g/mol. The van der Waals surface area contributed by atoms with Gasteiger partial charge < -0.3 is 15.8 Å². The number of ether oxygens (including phenoxy) is 1. The molecular formula is C15H20ClN3O3. The van der Waals surface area contributed by atoms with Gasteiger partial charge in [-0.15, -0.1) is 0 Å². The molecule has 0 aliphatic carbocycles. The third-order valence-electron chi connectivity index (χ3n) is 3.71. The first-order chi connectivity index (χ1) is 10.5. The van der Waals surface area contributed by atoms with E-state index in [0.29, 0.717) is 23.0 Å². The predicted molar refractivity (Wildman–Crippen MR) is 85.0 cm³/mol. The Kier molecular flexibility index (Phi) is 5.63. The fourth-order valence-corrected chi connectivity index (χ4v) is 2.84. The number of anilines is 1. The Morgan fingerprint density at radius 2 is 2.27 bits per heavy atom. The van der Waals surface area contributed by atoms with E-state index in [4.69, 9.17) is 22.1 Å². The molecule has 2 rings (SSSR count). The Hall–Kier alpha value is -1.79. The first-order valence-electron chi connectivity index (χ1n) is 7.14. The second-order valence-corrected chi connectivity index (χ2v) is 5.78. The summed E-state index contributed by atoms with van der Waals surface area (Å²) in [5.74, 6) is -0.0598. The van der Waals surface area contributed by atoms with E-state index in [1.54, 1.807) is 18.2 Å². The minimum absolute atomic E-state index is 0.147. The standard InChI is InChI=1S/C15H20ClN3O3/c1-22-13-5-4-11(7-12(13)16)18-14(20)9-19-6-2-3-10(8-19)15(17)21/h4-5,7,10H,2-3,6,8-9H2,1H3,(H2,17,21)(H,18,20)/t10-/m1/s1. The molecule has 6 nitrogen and oxygen atoms in total. The van der Waals surface area contributed by atoms with Gasteiger partial charge in [-0.1, -0.05) is 11.6 Å². The molecule has 0 bridgehead atoms. The van der Waals surface area contributed by atoms with Gasteiger partial charge in [0.2, 0.25) is 11.8 Å². The van der Waals surface area contributed by atoms with Crippen molar-refractivity contribution >= 4 is 29.1 Å². The number of likely N-dealkylation sites (tertiary alicyclic amines) is 1. The molecule has 1 heterocycles. The zero-order chi connectivity index (χ0) is 16.1. The summed E-state index contributed by atoms with van der Waals surface area (Å²) in [5.41, 5.74) is 5.95. The molecular weight excluding hydrogens is 306 g/mol. The van der Waals surface area contributed by atoms with Gasteiger partial charge in [0.25, 0.3) is 0 Å². The molecule has 0 radical (unpaired) electrons. The van der Waals surface area contributed by atoms with Crippen molar-refractivity contribution in [2.75, 3.05) is 32.1 Å². The van der Waals surface area contributed by atoms with Crippen molar-refractivity contribution < 1.29 is 14.3 Å². The molecule has 3 N–H and O–H groups in total. The van der Waals surface area contributed by atoms with Crippen LogP contribution >= 0.6 is 11.6 Å². The normalized spacial score (nSPS) is 18.7. The molecule has 0 saturated carbocycles. The van der Waals surface area contributed by atoms with Gasteiger partial charge in [0.05, 0.1) is 24.6 Å². The molecule has 2 amide bonds. The van der Waals surface area contributed by atoms with Crippen molar-refractivity contribution in [2.45, 2.75) is 12.8 Å². The maximum Gasteiger partial charge on any atom is 0.238 e. The molecule has 0 spiro atoms. The molecule has 1 aromatic carbocycles. The zero-order valence-corrected chi connectivity index (χ0v) is 13.2. The Labute approximate surface area is 134 Å². The number of hydrogen-bond acceptors (Lipinski definition) is 4. The van der Waals surface area contributed by atoms with E-state index < -0.39 is 0 Å². The maximum atomic E-state index is 12.1. The van der Waals surface area contributed by atoms with E-state index in [-0.39, 0.29) is 24.3 Å². The minimum Gasteiger partial charge on any atom is -0.495 e. The topological polar surface area (TPSA) is 84.7 Å². The first-order valence-corrected chi connectivity index (χ1v) is 7.52. The fraction of sp³-hybridized carbons (Fsp3) is 0.467. The van der Waals surface area contributed by atoms with E-state index in [0.717, 1.165) is 19.4 Å². The number of primary amides is 1. The first kappa shape index (κ1) is 16.6. The highest BCUT2D eigenvalue weighted by Gasteiger charge is 2.25. The van der Waals surface area contributed by atoms with Crippen LogP contribution < -0.4 is 15.8 Å². The summed E-state index contributed by atoms with van der Waals surface area (Å²) < 4.78 is 5.06. The Morgan fingerprint density at radius 1 is 1.50 bits per heavy atom. The van der Waals surface area contributed by atoms with Gasteiger partial charge in [0.1, 0.15) is 5.75 Å². The molecule has 0 unspecified atom stereocenters. The van der Waals surface area contributed by atoms with Crippen LogP contribution in [0.5, 0.6) is 5.75 Å². The molecule has 1 aromatic rings. The van der Waals surface area contributed by atoms with Crippen molar-refractivity contribution in [1.29, 1.82) is 0 Å². The number of halogens is 1. The van der Waals surface area contributed by atoms with Crippen LogP contribution in [0.1, 0.15) is 12.8 Å². The zero-order valence-electron chi connectivity index (χ0n) is 12.5. The van der Waals surface area contributed by atoms with Crippen LogP contribution in [0, 0.1) is 5.92 Å². The molecule has 1 atom stereocenters. The van der Waals surface area contributed by atoms with Gasteiger partial charge >= 0.3 is 0 Å². The number of nitrogens with zero attached hydrogens (tertiary/aromatic N) is 1. The number of nitrogens with two attached hydrogens (primary N) is 1. The number of carbonyl (C=O) groups is 2. The smallest absolute Gasteiger partial charge is 0.238 e. The number of rotatable bonds is 5. The van der Waals surface area contributed by atoms with Gasteiger partial charge in [0, 0.05) is 12.2 Å². The number of methoxy groups -OCH3 is 1. The number of piperidine rings is 1. The van der Waals surface area contributed by atoms with Crippen molar-refractivity contribution in [1.82, 2.24) is 4.90 Å². The quantitative estimate of drug-likeness (QED) is 0.859. The highest BCUT2D eigenvalue weighted by molar-refractivity contribution is 6.32. The number of benzene rings is 1. The van der Waals surface area contributed by atoms with Crippen molar-refractivity contribution in [3.8, 4) is 5.75 Å². The summed E-state index contributed by atoms with van der Waals surface area (Å²) in [4.78, 5) is 25.3. The molecule has 1 fully saturated rings. The molecule has 1 aliphatic heterocycles. The molecule has 120 valence electrons. The number of amides is 2. The molecule has 22 heavy (non-hydrogen) atoms. The van der Waals surface area contributed by atoms with Gasteiger partial charge in [-0.3, -0.25) is 14.5 Å². The number of hydrogen-bond donors (Lipinski definition) is 2. The van der Waals surface area contributed by atoms with E-state index in [9.17, 15) is 9.59 Å². The highest BCUT2D eigenvalue weighted by atomic mass is 35.5. The van der Waals surface area contributed by atoms with Gasteiger partial charge in [-0.25, -0.2) is 0 Å². The molecule has 7 heteroatoms. The maximum absolute atomic E-state index is 12.1. The van der Waals surface area contributed by atoms with Gasteiger partial charge in [-0.05, 0) is 37.6 Å². The summed E-state index contributed by atoms with van der Waals surface area (Å²) in [6.07, 6.45) is 1.66. The number of nitrogens with one attached hydrogen (secondary N) is 1. The van der Waals surface area contributed by atoms with Crippen LogP contribution in [0.2, 0.25) is 5.02 Å². The molecule has 0 aromatic heterocycles. The van der Waals surface area contributed by atoms with Crippen molar-refractivity contribution in [2.24, 2.45) is 11.7 Å². The van der Waals surface area contributed by atoms with Crippen LogP contribution in [0.3, 0.4) is 0 Å². The average Bonchev–Trinajstić information content (AvgIpc) is 2.47. The highest BCUT2D eigenvalue weighted by Crippen LogP contribution is 2.27. The second-order valence-electron chi connectivity index (χ2n) is 5.37. The van der Waals surface area contributed by atoms with E-state index >= 15 is 0 Å². The lowest BCUT2D eigenvalue weighted by atomic mass is 9.97. The van der Waals surface area contributed by atoms with Crippen LogP contribution in [0.25, 0.3) is 0 Å². The van der Waals surface area contributed by atoms with Gasteiger partial charge in [0.15, 0.2) is 0 Å². The van der Waals surface area contributed by atoms with E-state index in [2.05, 4.69) is 5.32 Å². The average molecular weight is 326 g/mol. The van der Waals surface area contributed by atoms with Crippen LogP contribution in [-0.2, 0) is 9.59 Å². The lowest BCUT2D eigenvalue weighted by Gasteiger charge is -2.30. The third kappa shape index (κ3) is 4.35. The minimum atomic E-state index is -0.299. The summed E-state index contributed by atoms with van der Waals surface area (Å²) in [6, 6.07) is 5.06. The van der Waals surface area contributed by atoms with E-state index in [1.165, 1.54) is 7.11 Å². The lowest BCUT2D eigenvalue weighted by Crippen LogP contribution is -2.44. The molecule has 1 aliphatic rings. The second kappa shape index (κ2) is 7.47.